The van der Waals surface area contributed by atoms with Crippen molar-refractivity contribution in [3.63, 3.8) is 0 Å². The lowest BCUT2D eigenvalue weighted by molar-refractivity contribution is 0.413. The third-order valence-corrected chi connectivity index (χ3v) is 4.83. The first-order valence-corrected chi connectivity index (χ1v) is 9.15. The summed E-state index contributed by atoms with van der Waals surface area (Å²) in [5.41, 5.74) is 5.39. The summed E-state index contributed by atoms with van der Waals surface area (Å²) < 4.78 is 37.6. The zero-order valence-corrected chi connectivity index (χ0v) is 14.4. The molecule has 6 nitrogen and oxygen atoms in total. The van der Waals surface area contributed by atoms with Crippen molar-refractivity contribution >= 4 is 10.0 Å². The van der Waals surface area contributed by atoms with Crippen LogP contribution in [0.2, 0.25) is 0 Å². The van der Waals surface area contributed by atoms with Gasteiger partial charge in [-0.2, -0.15) is 0 Å². The molecule has 0 radical (unpaired) electrons. The Morgan fingerprint density at radius 3 is 2.00 bits per heavy atom. The molecule has 0 amide bonds. The highest BCUT2D eigenvalue weighted by Gasteiger charge is 2.13. The molecule has 3 N–H and O–H groups in total. The van der Waals surface area contributed by atoms with Crippen LogP contribution in [0.15, 0.2) is 53.4 Å². The van der Waals surface area contributed by atoms with E-state index in [2.05, 4.69) is 4.72 Å². The van der Waals surface area contributed by atoms with Gasteiger partial charge in [-0.25, -0.2) is 13.1 Å². The monoisotopic (exact) mass is 350 g/mol. The van der Waals surface area contributed by atoms with Crippen molar-refractivity contribution in [1.82, 2.24) is 4.72 Å². The van der Waals surface area contributed by atoms with Crippen LogP contribution in [0.3, 0.4) is 0 Å². The minimum atomic E-state index is -3.50. The van der Waals surface area contributed by atoms with Gasteiger partial charge in [0.1, 0.15) is 17.2 Å². The van der Waals surface area contributed by atoms with Crippen molar-refractivity contribution in [3.8, 4) is 17.2 Å². The highest BCUT2D eigenvalue weighted by atomic mass is 32.2. The lowest BCUT2D eigenvalue weighted by atomic mass is 10.3. The van der Waals surface area contributed by atoms with Crippen LogP contribution in [-0.4, -0.2) is 28.6 Å². The van der Waals surface area contributed by atoms with E-state index >= 15 is 0 Å². The third kappa shape index (κ3) is 5.23. The van der Waals surface area contributed by atoms with Gasteiger partial charge in [0.25, 0.3) is 0 Å². The van der Waals surface area contributed by atoms with E-state index in [1.807, 2.05) is 0 Å². The van der Waals surface area contributed by atoms with E-state index in [4.69, 9.17) is 15.2 Å². The van der Waals surface area contributed by atoms with Crippen LogP contribution in [0.25, 0.3) is 0 Å². The summed E-state index contributed by atoms with van der Waals surface area (Å²) in [6.45, 7) is 0.933. The van der Waals surface area contributed by atoms with Gasteiger partial charge in [-0.05, 0) is 67.9 Å². The second-order valence-corrected chi connectivity index (χ2v) is 6.91. The van der Waals surface area contributed by atoms with Gasteiger partial charge in [0, 0.05) is 6.54 Å². The summed E-state index contributed by atoms with van der Waals surface area (Å²) in [6, 6.07) is 13.4. The Kier molecular flexibility index (Phi) is 6.60. The Morgan fingerprint density at radius 1 is 0.917 bits per heavy atom. The van der Waals surface area contributed by atoms with Crippen LogP contribution < -0.4 is 19.9 Å². The van der Waals surface area contributed by atoms with Gasteiger partial charge >= 0.3 is 0 Å². The maximum absolute atomic E-state index is 12.1. The Labute approximate surface area is 142 Å². The summed E-state index contributed by atoms with van der Waals surface area (Å²) in [6.07, 6.45) is 1.51. The molecule has 0 heterocycles. The maximum atomic E-state index is 12.1. The molecule has 130 valence electrons. The minimum absolute atomic E-state index is 0.206. The van der Waals surface area contributed by atoms with Gasteiger partial charge in [0.15, 0.2) is 0 Å². The largest absolute Gasteiger partial charge is 0.497 e. The van der Waals surface area contributed by atoms with Gasteiger partial charge in [-0.3, -0.25) is 0 Å². The quantitative estimate of drug-likeness (QED) is 0.678. The number of nitrogens with one attached hydrogen (secondary N) is 1. The fourth-order valence-electron chi connectivity index (χ4n) is 2.03. The second-order valence-electron chi connectivity index (χ2n) is 5.14. The summed E-state index contributed by atoms with van der Waals surface area (Å²) >= 11 is 0. The molecule has 0 aromatic heterocycles. The van der Waals surface area contributed by atoms with Crippen molar-refractivity contribution in [2.45, 2.75) is 17.7 Å². The summed E-state index contributed by atoms with van der Waals surface area (Å²) in [5.74, 6) is 1.94. The van der Waals surface area contributed by atoms with Crippen LogP contribution >= 0.6 is 0 Å². The van der Waals surface area contributed by atoms with Gasteiger partial charge < -0.3 is 15.2 Å². The van der Waals surface area contributed by atoms with Crippen LogP contribution in [-0.2, 0) is 10.0 Å². The lowest BCUT2D eigenvalue weighted by Crippen LogP contribution is -2.25. The molecule has 2 aromatic carbocycles. The average Bonchev–Trinajstić information content (AvgIpc) is 2.60. The Bertz CT molecular complexity index is 728. The number of ether oxygens (including phenoxy) is 2. The predicted octanol–water partition coefficient (Wildman–Crippen LogP) is 2.50. The SMILES string of the molecule is COc1ccc(Oc2ccc(S(=O)(=O)NCCCCN)cc2)cc1. The number of hydrogen-bond acceptors (Lipinski definition) is 5. The van der Waals surface area contributed by atoms with Gasteiger partial charge in [0.2, 0.25) is 10.0 Å². The summed E-state index contributed by atoms with van der Waals surface area (Å²) in [5, 5.41) is 0. The molecule has 0 fully saturated rings. The molecular weight excluding hydrogens is 328 g/mol. The lowest BCUT2D eigenvalue weighted by Gasteiger charge is -2.09. The van der Waals surface area contributed by atoms with Crippen LogP contribution in [0.5, 0.6) is 17.2 Å². The van der Waals surface area contributed by atoms with Gasteiger partial charge in [-0.1, -0.05) is 0 Å². The van der Waals surface area contributed by atoms with Gasteiger partial charge in [0.05, 0.1) is 12.0 Å². The average molecular weight is 350 g/mol. The molecule has 0 bridgehead atoms. The number of benzene rings is 2. The van der Waals surface area contributed by atoms with E-state index in [1.54, 1.807) is 43.5 Å². The molecule has 24 heavy (non-hydrogen) atoms. The number of nitrogens with two attached hydrogens (primary N) is 1. The molecule has 0 aliphatic rings. The fourth-order valence-corrected chi connectivity index (χ4v) is 3.10. The number of unbranched alkanes of at least 4 members (excludes halogenated alkanes) is 1. The number of sulfonamides is 1. The molecule has 0 unspecified atom stereocenters. The van der Waals surface area contributed by atoms with Crippen molar-refractivity contribution < 1.29 is 17.9 Å². The molecular formula is C17H22N2O4S. The molecule has 0 saturated heterocycles. The molecule has 0 aliphatic carbocycles. The molecule has 7 heteroatoms. The smallest absolute Gasteiger partial charge is 0.240 e. The molecule has 0 saturated carbocycles. The van der Waals surface area contributed by atoms with Crippen molar-refractivity contribution in [2.75, 3.05) is 20.2 Å². The Hall–Kier alpha value is -2.09. The number of hydrogen-bond donors (Lipinski definition) is 2. The first-order chi connectivity index (χ1) is 11.5. The van der Waals surface area contributed by atoms with E-state index in [-0.39, 0.29) is 4.90 Å². The van der Waals surface area contributed by atoms with Crippen molar-refractivity contribution in [1.29, 1.82) is 0 Å². The minimum Gasteiger partial charge on any atom is -0.497 e. The van der Waals surface area contributed by atoms with E-state index in [1.165, 1.54) is 12.1 Å². The molecule has 0 spiro atoms. The highest BCUT2D eigenvalue weighted by molar-refractivity contribution is 7.89. The zero-order chi connectivity index (χ0) is 17.4. The van der Waals surface area contributed by atoms with E-state index in [0.717, 1.165) is 12.2 Å². The molecule has 0 aliphatic heterocycles. The number of rotatable bonds is 9. The highest BCUT2D eigenvalue weighted by Crippen LogP contribution is 2.24. The van der Waals surface area contributed by atoms with Crippen molar-refractivity contribution in [3.05, 3.63) is 48.5 Å². The van der Waals surface area contributed by atoms with E-state index in [0.29, 0.717) is 31.0 Å². The predicted molar refractivity (Wildman–Crippen MR) is 93.0 cm³/mol. The van der Waals surface area contributed by atoms with Crippen molar-refractivity contribution in [2.24, 2.45) is 5.73 Å². The zero-order valence-electron chi connectivity index (χ0n) is 13.6. The number of methoxy groups -OCH3 is 1. The van der Waals surface area contributed by atoms with Crippen LogP contribution in [0, 0.1) is 0 Å². The third-order valence-electron chi connectivity index (χ3n) is 3.35. The Morgan fingerprint density at radius 2 is 1.46 bits per heavy atom. The molecule has 2 aromatic rings. The standard InChI is InChI=1S/C17H22N2O4S/c1-22-14-4-6-15(7-5-14)23-16-8-10-17(11-9-16)24(20,21)19-13-3-2-12-18/h4-11,19H,2-3,12-13,18H2,1H3. The van der Waals surface area contributed by atoms with Gasteiger partial charge in [-0.15, -0.1) is 0 Å². The normalized spacial score (nSPS) is 11.2. The first kappa shape index (κ1) is 18.3. The molecule has 2 rings (SSSR count). The summed E-state index contributed by atoms with van der Waals surface area (Å²) in [4.78, 5) is 0.206. The molecule has 0 atom stereocenters. The van der Waals surface area contributed by atoms with E-state index in [9.17, 15) is 8.42 Å². The Balaban J connectivity index is 1.98. The fraction of sp³-hybridized carbons (Fsp3) is 0.294. The van der Waals surface area contributed by atoms with Crippen LogP contribution in [0.1, 0.15) is 12.8 Å². The maximum Gasteiger partial charge on any atom is 0.240 e. The topological polar surface area (TPSA) is 90.6 Å². The second kappa shape index (κ2) is 8.68. The summed E-state index contributed by atoms with van der Waals surface area (Å²) in [7, 11) is -1.91. The van der Waals surface area contributed by atoms with Crippen LogP contribution in [0.4, 0.5) is 0 Å². The first-order valence-electron chi connectivity index (χ1n) is 7.67. The van der Waals surface area contributed by atoms with E-state index < -0.39 is 10.0 Å².